The molecule has 6 heteroatoms. The molecule has 0 saturated carbocycles. The summed E-state index contributed by atoms with van der Waals surface area (Å²) in [5.41, 5.74) is 1.47. The van der Waals surface area contributed by atoms with E-state index >= 15 is 0 Å². The number of rotatable bonds is 7. The Kier molecular flexibility index (Phi) is 6.52. The third-order valence-electron chi connectivity index (χ3n) is 5.36. The maximum Gasteiger partial charge on any atom is 0.254 e. The molecule has 1 saturated heterocycles. The van der Waals surface area contributed by atoms with Crippen LogP contribution in [0.3, 0.4) is 0 Å². The van der Waals surface area contributed by atoms with Gasteiger partial charge in [0.05, 0.1) is 4.90 Å². The largest absolute Gasteiger partial charge is 0.332 e. The van der Waals surface area contributed by atoms with E-state index in [-0.39, 0.29) is 16.8 Å². The first-order valence-corrected chi connectivity index (χ1v) is 11.3. The number of amides is 1. The first kappa shape index (κ1) is 20.6. The van der Waals surface area contributed by atoms with Crippen molar-refractivity contribution < 1.29 is 13.2 Å². The third-order valence-corrected chi connectivity index (χ3v) is 7.26. The van der Waals surface area contributed by atoms with Crippen molar-refractivity contribution in [2.75, 3.05) is 13.1 Å². The molecule has 1 heterocycles. The summed E-state index contributed by atoms with van der Waals surface area (Å²) in [6.45, 7) is 5.66. The zero-order valence-electron chi connectivity index (χ0n) is 16.5. The molecule has 3 rings (SSSR count). The van der Waals surface area contributed by atoms with Gasteiger partial charge in [0.25, 0.3) is 5.91 Å². The summed E-state index contributed by atoms with van der Waals surface area (Å²) in [6.07, 6.45) is 2.60. The Balaban J connectivity index is 1.89. The first-order valence-electron chi connectivity index (χ1n) is 9.88. The monoisotopic (exact) mass is 400 g/mol. The molecule has 1 fully saturated rings. The van der Waals surface area contributed by atoms with Crippen LogP contribution in [0.1, 0.15) is 49.0 Å². The number of hydrogen-bond donors (Lipinski definition) is 0. The standard InChI is InChI=1S/C22H28N2O3S/c1-3-18(2)24(17-19-10-5-4-6-11-19)22(25)20-12-9-13-21(16-20)28(26,27)23-14-7-8-15-23/h4-6,9-13,16,18H,3,7-8,14-15,17H2,1-2H3. The summed E-state index contributed by atoms with van der Waals surface area (Å²) in [4.78, 5) is 15.3. The lowest BCUT2D eigenvalue weighted by Gasteiger charge is -2.29. The fraction of sp³-hybridized carbons (Fsp3) is 0.409. The molecule has 0 spiro atoms. The van der Waals surface area contributed by atoms with E-state index in [2.05, 4.69) is 0 Å². The minimum Gasteiger partial charge on any atom is -0.332 e. The van der Waals surface area contributed by atoms with E-state index in [0.29, 0.717) is 25.2 Å². The number of carbonyl (C=O) groups excluding carboxylic acids is 1. The predicted molar refractivity (Wildman–Crippen MR) is 111 cm³/mol. The number of nitrogens with zero attached hydrogens (tertiary/aromatic N) is 2. The molecule has 0 aliphatic carbocycles. The molecule has 2 aromatic carbocycles. The van der Waals surface area contributed by atoms with E-state index in [0.717, 1.165) is 24.8 Å². The molecule has 1 aliphatic rings. The fourth-order valence-electron chi connectivity index (χ4n) is 3.46. The molecular weight excluding hydrogens is 372 g/mol. The molecule has 1 atom stereocenters. The number of benzene rings is 2. The molecule has 0 radical (unpaired) electrons. The summed E-state index contributed by atoms with van der Waals surface area (Å²) >= 11 is 0. The molecule has 150 valence electrons. The molecular formula is C22H28N2O3S. The summed E-state index contributed by atoms with van der Waals surface area (Å²) < 4.78 is 27.2. The van der Waals surface area contributed by atoms with Crippen LogP contribution in [0, 0.1) is 0 Å². The Morgan fingerprint density at radius 1 is 1.07 bits per heavy atom. The molecule has 1 aliphatic heterocycles. The number of sulfonamides is 1. The van der Waals surface area contributed by atoms with Gasteiger partial charge in [-0.15, -0.1) is 0 Å². The number of carbonyl (C=O) groups is 1. The highest BCUT2D eigenvalue weighted by Gasteiger charge is 2.28. The van der Waals surface area contributed by atoms with E-state index in [9.17, 15) is 13.2 Å². The van der Waals surface area contributed by atoms with Gasteiger partial charge < -0.3 is 4.90 Å². The van der Waals surface area contributed by atoms with E-state index < -0.39 is 10.0 Å². The van der Waals surface area contributed by atoms with Crippen molar-refractivity contribution in [3.8, 4) is 0 Å². The topological polar surface area (TPSA) is 57.7 Å². The van der Waals surface area contributed by atoms with Crippen LogP contribution in [0.4, 0.5) is 0 Å². The van der Waals surface area contributed by atoms with E-state index in [4.69, 9.17) is 0 Å². The van der Waals surface area contributed by atoms with Crippen molar-refractivity contribution in [2.45, 2.75) is 50.6 Å². The smallest absolute Gasteiger partial charge is 0.254 e. The molecule has 0 aromatic heterocycles. The molecule has 1 unspecified atom stereocenters. The van der Waals surface area contributed by atoms with Gasteiger partial charge in [0.15, 0.2) is 0 Å². The van der Waals surface area contributed by atoms with Crippen LogP contribution in [-0.2, 0) is 16.6 Å². The summed E-state index contributed by atoms with van der Waals surface area (Å²) in [7, 11) is -3.54. The SMILES string of the molecule is CCC(C)N(Cc1ccccc1)C(=O)c1cccc(S(=O)(=O)N2CCCC2)c1. The highest BCUT2D eigenvalue weighted by molar-refractivity contribution is 7.89. The van der Waals surface area contributed by atoms with Crippen LogP contribution in [0.5, 0.6) is 0 Å². The van der Waals surface area contributed by atoms with Gasteiger partial charge in [-0.3, -0.25) is 4.79 Å². The zero-order valence-corrected chi connectivity index (χ0v) is 17.4. The van der Waals surface area contributed by atoms with Crippen molar-refractivity contribution in [3.05, 3.63) is 65.7 Å². The van der Waals surface area contributed by atoms with Crippen molar-refractivity contribution in [1.29, 1.82) is 0 Å². The lowest BCUT2D eigenvalue weighted by molar-refractivity contribution is 0.0671. The Morgan fingerprint density at radius 2 is 1.75 bits per heavy atom. The maximum atomic E-state index is 13.3. The molecule has 5 nitrogen and oxygen atoms in total. The summed E-state index contributed by atoms with van der Waals surface area (Å²) in [5, 5.41) is 0. The van der Waals surface area contributed by atoms with Crippen molar-refractivity contribution in [2.24, 2.45) is 0 Å². The maximum absolute atomic E-state index is 13.3. The normalized spacial score (nSPS) is 16.1. The lowest BCUT2D eigenvalue weighted by atomic mass is 10.1. The third kappa shape index (κ3) is 4.45. The first-order chi connectivity index (χ1) is 13.4. The van der Waals surface area contributed by atoms with Crippen LogP contribution >= 0.6 is 0 Å². The van der Waals surface area contributed by atoms with Crippen molar-refractivity contribution in [3.63, 3.8) is 0 Å². The van der Waals surface area contributed by atoms with Crippen molar-refractivity contribution in [1.82, 2.24) is 9.21 Å². The Bertz CT molecular complexity index is 906. The fourth-order valence-corrected chi connectivity index (χ4v) is 5.02. The minimum absolute atomic E-state index is 0.0477. The van der Waals surface area contributed by atoms with Gasteiger partial charge in [-0.2, -0.15) is 4.31 Å². The second-order valence-corrected chi connectivity index (χ2v) is 9.25. The summed E-state index contributed by atoms with van der Waals surface area (Å²) in [5.74, 6) is -0.142. The number of hydrogen-bond acceptors (Lipinski definition) is 3. The quantitative estimate of drug-likeness (QED) is 0.708. The summed E-state index contributed by atoms with van der Waals surface area (Å²) in [6, 6.07) is 16.4. The molecule has 2 aromatic rings. The second kappa shape index (κ2) is 8.88. The average molecular weight is 401 g/mol. The highest BCUT2D eigenvalue weighted by Crippen LogP contribution is 2.23. The van der Waals surface area contributed by atoms with Gasteiger partial charge in [0.2, 0.25) is 10.0 Å². The van der Waals surface area contributed by atoms with Gasteiger partial charge in [-0.25, -0.2) is 8.42 Å². The van der Waals surface area contributed by atoms with Crippen LogP contribution in [-0.4, -0.2) is 42.7 Å². The highest BCUT2D eigenvalue weighted by atomic mass is 32.2. The van der Waals surface area contributed by atoms with E-state index in [1.54, 1.807) is 18.2 Å². The van der Waals surface area contributed by atoms with E-state index in [1.165, 1.54) is 10.4 Å². The van der Waals surface area contributed by atoms with Crippen LogP contribution in [0.25, 0.3) is 0 Å². The molecule has 1 amide bonds. The molecule has 0 bridgehead atoms. The molecule has 0 N–H and O–H groups in total. The zero-order chi connectivity index (χ0) is 20.1. The predicted octanol–water partition coefficient (Wildman–Crippen LogP) is 3.91. The van der Waals surface area contributed by atoms with Crippen LogP contribution in [0.2, 0.25) is 0 Å². The minimum atomic E-state index is -3.54. The van der Waals surface area contributed by atoms with Gasteiger partial charge in [0.1, 0.15) is 0 Å². The Hall–Kier alpha value is -2.18. The second-order valence-electron chi connectivity index (χ2n) is 7.31. The van der Waals surface area contributed by atoms with Crippen molar-refractivity contribution >= 4 is 15.9 Å². The van der Waals surface area contributed by atoms with Crippen LogP contribution < -0.4 is 0 Å². The van der Waals surface area contributed by atoms with Gasteiger partial charge in [0, 0.05) is 31.2 Å². The van der Waals surface area contributed by atoms with Gasteiger partial charge in [-0.05, 0) is 49.9 Å². The van der Waals surface area contributed by atoms with Crippen LogP contribution in [0.15, 0.2) is 59.5 Å². The van der Waals surface area contributed by atoms with E-state index in [1.807, 2.05) is 49.1 Å². The lowest BCUT2D eigenvalue weighted by Crippen LogP contribution is -2.38. The average Bonchev–Trinajstić information content (AvgIpc) is 3.27. The molecule has 28 heavy (non-hydrogen) atoms. The van der Waals surface area contributed by atoms with Gasteiger partial charge in [-0.1, -0.05) is 43.3 Å². The van der Waals surface area contributed by atoms with Gasteiger partial charge >= 0.3 is 0 Å². The Morgan fingerprint density at radius 3 is 2.39 bits per heavy atom. The Labute approximate surface area is 168 Å².